The highest BCUT2D eigenvalue weighted by Gasteiger charge is 1.97. The molecule has 0 saturated heterocycles. The minimum Gasteiger partial charge on any atom is -0.493 e. The third kappa shape index (κ3) is 2.70. The lowest BCUT2D eigenvalue weighted by atomic mass is 10.3. The summed E-state index contributed by atoms with van der Waals surface area (Å²) in [7, 11) is 0. The topological polar surface area (TPSA) is 9.23 Å². The lowest BCUT2D eigenvalue weighted by molar-refractivity contribution is 0.341. The summed E-state index contributed by atoms with van der Waals surface area (Å²) >= 11 is 1.75. The van der Waals surface area contributed by atoms with Crippen LogP contribution in [-0.2, 0) is 6.42 Å². The summed E-state index contributed by atoms with van der Waals surface area (Å²) in [6, 6.07) is 2.11. The second kappa shape index (κ2) is 4.99. The van der Waals surface area contributed by atoms with Crippen LogP contribution in [0.25, 0.3) is 0 Å². The number of rotatable bonds is 4. The Morgan fingerprint density at radius 2 is 2.42 bits per heavy atom. The fourth-order valence-electron chi connectivity index (χ4n) is 0.944. The van der Waals surface area contributed by atoms with Gasteiger partial charge in [-0.2, -0.15) is 0 Å². The Labute approximate surface area is 77.7 Å². The van der Waals surface area contributed by atoms with Gasteiger partial charge in [0.1, 0.15) is 5.75 Å². The first-order chi connectivity index (χ1) is 5.86. The fraction of sp³-hybridized carbons (Fsp3) is 0.400. The number of hydrogen-bond donors (Lipinski definition) is 0. The van der Waals surface area contributed by atoms with Crippen molar-refractivity contribution in [3.05, 3.63) is 28.5 Å². The maximum atomic E-state index is 5.35. The van der Waals surface area contributed by atoms with Crippen molar-refractivity contribution in [2.45, 2.75) is 20.3 Å². The molecule has 0 aliphatic heterocycles. The molecule has 0 N–H and O–H groups in total. The second-order valence-corrected chi connectivity index (χ2v) is 3.45. The van der Waals surface area contributed by atoms with Crippen LogP contribution in [-0.4, -0.2) is 6.61 Å². The first-order valence-electron chi connectivity index (χ1n) is 4.18. The van der Waals surface area contributed by atoms with Crippen LogP contribution in [0, 0.1) is 0 Å². The van der Waals surface area contributed by atoms with Gasteiger partial charge >= 0.3 is 0 Å². The van der Waals surface area contributed by atoms with E-state index >= 15 is 0 Å². The summed E-state index contributed by atoms with van der Waals surface area (Å²) in [5.74, 6) is 1.00. The molecule has 1 nitrogen and oxygen atoms in total. The van der Waals surface area contributed by atoms with Gasteiger partial charge in [-0.25, -0.2) is 0 Å². The minimum absolute atomic E-state index is 0.750. The van der Waals surface area contributed by atoms with Crippen LogP contribution in [0.15, 0.2) is 23.6 Å². The lowest BCUT2D eigenvalue weighted by Gasteiger charge is -1.95. The van der Waals surface area contributed by atoms with Gasteiger partial charge in [0.15, 0.2) is 0 Å². The maximum absolute atomic E-state index is 5.35. The molecule has 0 unspecified atom stereocenters. The Morgan fingerprint density at radius 1 is 1.58 bits per heavy atom. The molecule has 0 aliphatic carbocycles. The van der Waals surface area contributed by atoms with E-state index in [1.165, 1.54) is 4.88 Å². The normalized spacial score (nSPS) is 10.8. The van der Waals surface area contributed by atoms with Crippen molar-refractivity contribution in [1.29, 1.82) is 0 Å². The highest BCUT2D eigenvalue weighted by Crippen LogP contribution is 2.21. The van der Waals surface area contributed by atoms with E-state index in [0.717, 1.165) is 18.8 Å². The average Bonchev–Trinajstić information content (AvgIpc) is 2.50. The summed E-state index contributed by atoms with van der Waals surface area (Å²) in [5.41, 5.74) is 0. The molecule has 0 radical (unpaired) electrons. The quantitative estimate of drug-likeness (QED) is 0.649. The molecule has 0 amide bonds. The van der Waals surface area contributed by atoms with Crippen molar-refractivity contribution in [2.24, 2.45) is 0 Å². The minimum atomic E-state index is 0.750. The lowest BCUT2D eigenvalue weighted by Crippen LogP contribution is -1.88. The predicted octanol–water partition coefficient (Wildman–Crippen LogP) is 3.27. The number of thiophene rings is 1. The van der Waals surface area contributed by atoms with E-state index in [2.05, 4.69) is 23.6 Å². The van der Waals surface area contributed by atoms with Gasteiger partial charge in [0, 0.05) is 10.3 Å². The molecule has 1 aromatic heterocycles. The van der Waals surface area contributed by atoms with Crippen LogP contribution in [0.3, 0.4) is 0 Å². The van der Waals surface area contributed by atoms with Gasteiger partial charge in [0.2, 0.25) is 0 Å². The molecule has 1 heterocycles. The van der Waals surface area contributed by atoms with Crippen molar-refractivity contribution < 1.29 is 4.74 Å². The molecule has 1 aromatic rings. The van der Waals surface area contributed by atoms with Crippen molar-refractivity contribution >= 4 is 11.3 Å². The molecule has 0 bridgehead atoms. The molecule has 12 heavy (non-hydrogen) atoms. The SMILES string of the molecule is CC=CCc1cc(OCC)cs1. The predicted molar refractivity (Wildman–Crippen MR) is 54.0 cm³/mol. The Morgan fingerprint density at radius 3 is 3.08 bits per heavy atom. The summed E-state index contributed by atoms with van der Waals surface area (Å²) in [5, 5.41) is 2.06. The van der Waals surface area contributed by atoms with Crippen molar-refractivity contribution in [1.82, 2.24) is 0 Å². The average molecular weight is 182 g/mol. The molecule has 1 rings (SSSR count). The fourth-order valence-corrected chi connectivity index (χ4v) is 1.72. The molecule has 0 spiro atoms. The van der Waals surface area contributed by atoms with E-state index in [-0.39, 0.29) is 0 Å². The smallest absolute Gasteiger partial charge is 0.130 e. The third-order valence-electron chi connectivity index (χ3n) is 1.50. The van der Waals surface area contributed by atoms with Gasteiger partial charge in [-0.15, -0.1) is 11.3 Å². The van der Waals surface area contributed by atoms with Gasteiger partial charge in [0.05, 0.1) is 6.61 Å². The van der Waals surface area contributed by atoms with E-state index in [0.29, 0.717) is 0 Å². The van der Waals surface area contributed by atoms with Crippen molar-refractivity contribution in [2.75, 3.05) is 6.61 Å². The van der Waals surface area contributed by atoms with E-state index in [9.17, 15) is 0 Å². The van der Waals surface area contributed by atoms with Crippen molar-refractivity contribution in [3.8, 4) is 5.75 Å². The zero-order valence-corrected chi connectivity index (χ0v) is 8.36. The monoisotopic (exact) mass is 182 g/mol. The zero-order valence-electron chi connectivity index (χ0n) is 7.54. The summed E-state index contributed by atoms with van der Waals surface area (Å²) in [6.45, 7) is 4.79. The van der Waals surface area contributed by atoms with Crippen LogP contribution < -0.4 is 4.74 Å². The highest BCUT2D eigenvalue weighted by atomic mass is 32.1. The molecule has 0 aliphatic rings. The Kier molecular flexibility index (Phi) is 3.88. The first kappa shape index (κ1) is 9.33. The van der Waals surface area contributed by atoms with Crippen LogP contribution in [0.1, 0.15) is 18.7 Å². The van der Waals surface area contributed by atoms with E-state index in [4.69, 9.17) is 4.74 Å². The molecule has 66 valence electrons. The van der Waals surface area contributed by atoms with E-state index in [1.54, 1.807) is 11.3 Å². The first-order valence-corrected chi connectivity index (χ1v) is 5.06. The summed E-state index contributed by atoms with van der Waals surface area (Å²) in [4.78, 5) is 1.36. The van der Waals surface area contributed by atoms with E-state index < -0.39 is 0 Å². The zero-order chi connectivity index (χ0) is 8.81. The van der Waals surface area contributed by atoms with Crippen LogP contribution >= 0.6 is 11.3 Å². The van der Waals surface area contributed by atoms with Gasteiger partial charge in [0.25, 0.3) is 0 Å². The van der Waals surface area contributed by atoms with Gasteiger partial charge in [-0.05, 0) is 26.3 Å². The Hall–Kier alpha value is -0.760. The standard InChI is InChI=1S/C10H14OS/c1-3-5-6-10-7-9(8-12-10)11-4-2/h3,5,7-8H,4,6H2,1-2H3. The summed E-state index contributed by atoms with van der Waals surface area (Å²) in [6.07, 6.45) is 5.25. The van der Waals surface area contributed by atoms with Crippen LogP contribution in [0.5, 0.6) is 5.75 Å². The molecule has 0 aromatic carbocycles. The third-order valence-corrected chi connectivity index (χ3v) is 2.43. The largest absolute Gasteiger partial charge is 0.493 e. The van der Waals surface area contributed by atoms with Crippen LogP contribution in [0.2, 0.25) is 0 Å². The van der Waals surface area contributed by atoms with Gasteiger partial charge < -0.3 is 4.74 Å². The van der Waals surface area contributed by atoms with Crippen molar-refractivity contribution in [3.63, 3.8) is 0 Å². The molecular formula is C10H14OS. The Bertz CT molecular complexity index is 250. The molecule has 2 heteroatoms. The molecular weight excluding hydrogens is 168 g/mol. The number of allylic oxidation sites excluding steroid dienone is 2. The van der Waals surface area contributed by atoms with Gasteiger partial charge in [-0.1, -0.05) is 12.2 Å². The number of ether oxygens (including phenoxy) is 1. The molecule has 0 saturated carbocycles. The van der Waals surface area contributed by atoms with Crippen LogP contribution in [0.4, 0.5) is 0 Å². The Balaban J connectivity index is 2.52. The van der Waals surface area contributed by atoms with Gasteiger partial charge in [-0.3, -0.25) is 0 Å². The highest BCUT2D eigenvalue weighted by molar-refractivity contribution is 7.10. The second-order valence-electron chi connectivity index (χ2n) is 2.45. The molecule has 0 atom stereocenters. The molecule has 0 fully saturated rings. The van der Waals surface area contributed by atoms with E-state index in [1.807, 2.05) is 13.8 Å². The summed E-state index contributed by atoms with van der Waals surface area (Å²) < 4.78 is 5.35. The maximum Gasteiger partial charge on any atom is 0.130 e. The number of hydrogen-bond acceptors (Lipinski definition) is 2.